The maximum Gasteiger partial charge on any atom is 0.337 e. The number of hydrogen-bond donors (Lipinski definition) is 3. The molecule has 8 nitrogen and oxygen atoms in total. The molecule has 0 saturated heterocycles. The number of carboxylic acids is 1. The van der Waals surface area contributed by atoms with Crippen molar-refractivity contribution in [2.75, 3.05) is 11.1 Å². The second kappa shape index (κ2) is 4.92. The van der Waals surface area contributed by atoms with Crippen LogP contribution < -0.4 is 11.1 Å². The number of aryl methyl sites for hydroxylation is 1. The zero-order valence-electron chi connectivity index (χ0n) is 10.5. The molecule has 0 aliphatic carbocycles. The molecule has 2 aromatic rings. The fourth-order valence-electron chi connectivity index (χ4n) is 1.73. The minimum Gasteiger partial charge on any atom is -0.478 e. The van der Waals surface area contributed by atoms with Crippen LogP contribution in [-0.4, -0.2) is 30.8 Å². The summed E-state index contributed by atoms with van der Waals surface area (Å²) in [6.45, 7) is 1.86. The van der Waals surface area contributed by atoms with Crippen LogP contribution in [0, 0.1) is 0 Å². The number of nitrogen functional groups attached to an aromatic ring is 1. The fraction of sp³-hybridized carbons (Fsp3) is 0.273. The number of carbonyl (C=O) groups is 1. The molecule has 0 aliphatic heterocycles. The molecule has 0 radical (unpaired) electrons. The minimum atomic E-state index is -1.09. The van der Waals surface area contributed by atoms with Gasteiger partial charge in [-0.15, -0.1) is 10.2 Å². The van der Waals surface area contributed by atoms with Crippen molar-refractivity contribution in [3.8, 4) is 0 Å². The molecule has 0 saturated carbocycles. The number of carboxylic acid groups (broad SMARTS) is 1. The first-order valence-electron chi connectivity index (χ1n) is 5.59. The molecule has 1 unspecified atom stereocenters. The molecule has 100 valence electrons. The molecule has 0 spiro atoms. The van der Waals surface area contributed by atoms with Crippen molar-refractivity contribution in [2.45, 2.75) is 13.0 Å². The monoisotopic (exact) mass is 262 g/mol. The van der Waals surface area contributed by atoms with Crippen molar-refractivity contribution in [3.63, 3.8) is 0 Å². The smallest absolute Gasteiger partial charge is 0.337 e. The third-order valence-electron chi connectivity index (χ3n) is 2.71. The zero-order chi connectivity index (χ0) is 14.0. The number of hydrogen-bond acceptors (Lipinski definition) is 6. The van der Waals surface area contributed by atoms with Crippen molar-refractivity contribution in [1.82, 2.24) is 19.7 Å². The van der Waals surface area contributed by atoms with Crippen molar-refractivity contribution >= 4 is 17.5 Å². The first kappa shape index (κ1) is 12.8. The van der Waals surface area contributed by atoms with Crippen LogP contribution >= 0.6 is 0 Å². The van der Waals surface area contributed by atoms with E-state index in [1.807, 2.05) is 14.0 Å². The summed E-state index contributed by atoms with van der Waals surface area (Å²) < 4.78 is 1.76. The average molecular weight is 262 g/mol. The first-order valence-corrected chi connectivity index (χ1v) is 5.59. The molecular formula is C11H14N6O2. The lowest BCUT2D eigenvalue weighted by atomic mass is 10.2. The van der Waals surface area contributed by atoms with Gasteiger partial charge in [0.05, 0.1) is 17.3 Å². The summed E-state index contributed by atoms with van der Waals surface area (Å²) in [5.41, 5.74) is 5.89. The Labute approximate surface area is 109 Å². The van der Waals surface area contributed by atoms with E-state index >= 15 is 0 Å². The number of rotatable bonds is 4. The summed E-state index contributed by atoms with van der Waals surface area (Å²) in [6, 6.07) is 1.15. The Hall–Kier alpha value is -2.64. The van der Waals surface area contributed by atoms with Gasteiger partial charge in [-0.25, -0.2) is 9.78 Å². The summed E-state index contributed by atoms with van der Waals surface area (Å²) >= 11 is 0. The van der Waals surface area contributed by atoms with Gasteiger partial charge in [0.25, 0.3) is 0 Å². The molecule has 2 rings (SSSR count). The van der Waals surface area contributed by atoms with Crippen LogP contribution in [0.1, 0.15) is 29.1 Å². The van der Waals surface area contributed by atoms with Crippen molar-refractivity contribution in [3.05, 3.63) is 30.0 Å². The summed E-state index contributed by atoms with van der Waals surface area (Å²) in [6.07, 6.45) is 2.98. The van der Waals surface area contributed by atoms with E-state index in [0.29, 0.717) is 11.6 Å². The van der Waals surface area contributed by atoms with Gasteiger partial charge in [0.15, 0.2) is 11.6 Å². The average Bonchev–Trinajstić information content (AvgIpc) is 2.77. The lowest BCUT2D eigenvalue weighted by Gasteiger charge is -2.15. The van der Waals surface area contributed by atoms with E-state index < -0.39 is 5.97 Å². The second-order valence-electron chi connectivity index (χ2n) is 4.09. The molecule has 2 aromatic heterocycles. The third-order valence-corrected chi connectivity index (χ3v) is 2.71. The zero-order valence-corrected chi connectivity index (χ0v) is 10.5. The maximum atomic E-state index is 11.0. The van der Waals surface area contributed by atoms with E-state index in [1.165, 1.54) is 12.3 Å². The van der Waals surface area contributed by atoms with Gasteiger partial charge in [-0.1, -0.05) is 0 Å². The van der Waals surface area contributed by atoms with Crippen molar-refractivity contribution < 1.29 is 9.90 Å². The first-order chi connectivity index (χ1) is 9.00. The predicted molar refractivity (Wildman–Crippen MR) is 68.6 cm³/mol. The van der Waals surface area contributed by atoms with Gasteiger partial charge in [0, 0.05) is 13.2 Å². The van der Waals surface area contributed by atoms with Crippen LogP contribution in [0.2, 0.25) is 0 Å². The van der Waals surface area contributed by atoms with Crippen LogP contribution in [0.25, 0.3) is 0 Å². The number of nitrogens with two attached hydrogens (primary N) is 1. The Kier molecular flexibility index (Phi) is 3.32. The highest BCUT2D eigenvalue weighted by Crippen LogP contribution is 2.23. The molecule has 0 amide bonds. The standard InChI is InChI=1S/C11H14N6O2/c1-6(10-16-14-5-17(10)2)15-9-8(12)7(11(18)19)3-4-13-9/h3-6H,12H2,1-2H3,(H,13,15)(H,18,19). The van der Waals surface area contributed by atoms with E-state index in [4.69, 9.17) is 10.8 Å². The Morgan fingerprint density at radius 2 is 2.32 bits per heavy atom. The quantitative estimate of drug-likeness (QED) is 0.740. The maximum absolute atomic E-state index is 11.0. The molecule has 0 fully saturated rings. The van der Waals surface area contributed by atoms with Gasteiger partial charge in [0.1, 0.15) is 6.33 Å². The Morgan fingerprint density at radius 3 is 2.89 bits per heavy atom. The predicted octanol–water partition coefficient (Wildman–Crippen LogP) is 0.664. The molecule has 19 heavy (non-hydrogen) atoms. The second-order valence-corrected chi connectivity index (χ2v) is 4.09. The number of nitrogens with zero attached hydrogens (tertiary/aromatic N) is 4. The van der Waals surface area contributed by atoms with Crippen LogP contribution in [0.4, 0.5) is 11.5 Å². The normalized spacial score (nSPS) is 12.1. The van der Waals surface area contributed by atoms with Gasteiger partial charge in [-0.3, -0.25) is 0 Å². The number of aromatic nitrogens is 4. The molecule has 0 aliphatic rings. The number of anilines is 2. The largest absolute Gasteiger partial charge is 0.478 e. The molecule has 2 heterocycles. The summed E-state index contributed by atoms with van der Waals surface area (Å²) in [4.78, 5) is 15.0. The minimum absolute atomic E-state index is 0.0164. The molecule has 0 aromatic carbocycles. The van der Waals surface area contributed by atoms with E-state index in [9.17, 15) is 4.79 Å². The Bertz CT molecular complexity index is 609. The molecule has 1 atom stereocenters. The molecule has 8 heteroatoms. The highest BCUT2D eigenvalue weighted by atomic mass is 16.4. The number of nitrogens with one attached hydrogen (secondary N) is 1. The lowest BCUT2D eigenvalue weighted by molar-refractivity contribution is 0.0698. The topological polar surface area (TPSA) is 119 Å². The summed E-state index contributed by atoms with van der Waals surface area (Å²) in [7, 11) is 1.82. The van der Waals surface area contributed by atoms with E-state index in [1.54, 1.807) is 10.9 Å². The summed E-state index contributed by atoms with van der Waals surface area (Å²) in [5.74, 6) is -0.0772. The third kappa shape index (κ3) is 2.46. The fourth-order valence-corrected chi connectivity index (χ4v) is 1.73. The highest BCUT2D eigenvalue weighted by Gasteiger charge is 2.16. The van der Waals surface area contributed by atoms with Gasteiger partial charge < -0.3 is 20.7 Å². The number of pyridine rings is 1. The summed E-state index contributed by atoms with van der Waals surface area (Å²) in [5, 5.41) is 19.8. The van der Waals surface area contributed by atoms with Crippen LogP contribution in [0.15, 0.2) is 18.6 Å². The SMILES string of the molecule is CC(Nc1nccc(C(=O)O)c1N)c1nncn1C. The molecule has 4 N–H and O–H groups in total. The van der Waals surface area contributed by atoms with E-state index in [-0.39, 0.29) is 17.3 Å². The van der Waals surface area contributed by atoms with Gasteiger partial charge >= 0.3 is 5.97 Å². The van der Waals surface area contributed by atoms with Crippen molar-refractivity contribution in [1.29, 1.82) is 0 Å². The van der Waals surface area contributed by atoms with Crippen LogP contribution in [-0.2, 0) is 7.05 Å². The van der Waals surface area contributed by atoms with E-state index in [0.717, 1.165) is 0 Å². The molecular weight excluding hydrogens is 248 g/mol. The van der Waals surface area contributed by atoms with E-state index in [2.05, 4.69) is 20.5 Å². The van der Waals surface area contributed by atoms with Crippen LogP contribution in [0.5, 0.6) is 0 Å². The van der Waals surface area contributed by atoms with Crippen molar-refractivity contribution in [2.24, 2.45) is 7.05 Å². The van der Waals surface area contributed by atoms with Gasteiger partial charge in [0.2, 0.25) is 0 Å². The highest BCUT2D eigenvalue weighted by molar-refractivity contribution is 5.96. The van der Waals surface area contributed by atoms with Crippen LogP contribution in [0.3, 0.4) is 0 Å². The van der Waals surface area contributed by atoms with Gasteiger partial charge in [-0.05, 0) is 13.0 Å². The Balaban J connectivity index is 2.27. The Morgan fingerprint density at radius 1 is 1.58 bits per heavy atom. The number of aromatic carboxylic acids is 1. The molecule has 0 bridgehead atoms. The van der Waals surface area contributed by atoms with Gasteiger partial charge in [-0.2, -0.15) is 0 Å². The lowest BCUT2D eigenvalue weighted by Crippen LogP contribution is -2.15.